The van der Waals surface area contributed by atoms with E-state index in [-0.39, 0.29) is 41.5 Å². The van der Waals surface area contributed by atoms with E-state index in [0.29, 0.717) is 13.0 Å². The molecule has 0 spiro atoms. The van der Waals surface area contributed by atoms with Gasteiger partial charge >= 0.3 is 0 Å². The molecule has 0 N–H and O–H groups in total. The van der Waals surface area contributed by atoms with Crippen molar-refractivity contribution in [3.05, 3.63) is 64.8 Å². The van der Waals surface area contributed by atoms with E-state index in [0.717, 1.165) is 66.5 Å². The summed E-state index contributed by atoms with van der Waals surface area (Å²) in [6.07, 6.45) is 15.9. The van der Waals surface area contributed by atoms with Crippen molar-refractivity contribution in [2.24, 2.45) is 17.8 Å². The van der Waals surface area contributed by atoms with Crippen molar-refractivity contribution in [2.75, 3.05) is 6.61 Å². The second-order valence-electron chi connectivity index (χ2n) is 10.1. The molecule has 0 radical (unpaired) electrons. The Bertz CT molecular complexity index is 1030. The highest BCUT2D eigenvalue weighted by molar-refractivity contribution is 6.01. The minimum absolute atomic E-state index is 0.0244. The number of benzene rings is 1. The van der Waals surface area contributed by atoms with Crippen LogP contribution in [0.1, 0.15) is 92.8 Å². The third-order valence-corrected chi connectivity index (χ3v) is 7.38. The summed E-state index contributed by atoms with van der Waals surface area (Å²) in [5, 5.41) is 0. The second kappa shape index (κ2) is 12.8. The fourth-order valence-electron chi connectivity index (χ4n) is 5.84. The molecular formula is C31H40O4. The van der Waals surface area contributed by atoms with E-state index in [2.05, 4.69) is 31.2 Å². The summed E-state index contributed by atoms with van der Waals surface area (Å²) in [5.41, 5.74) is 3.94. The zero-order valence-corrected chi connectivity index (χ0v) is 21.8. The Balaban J connectivity index is 1.81. The van der Waals surface area contributed by atoms with Crippen molar-refractivity contribution < 1.29 is 19.1 Å². The van der Waals surface area contributed by atoms with E-state index in [4.69, 9.17) is 4.74 Å². The molecule has 1 aromatic carbocycles. The van der Waals surface area contributed by atoms with Crippen molar-refractivity contribution in [3.63, 3.8) is 0 Å². The summed E-state index contributed by atoms with van der Waals surface area (Å²) >= 11 is 0. The van der Waals surface area contributed by atoms with Gasteiger partial charge in [-0.05, 0) is 74.6 Å². The monoisotopic (exact) mass is 476 g/mol. The minimum Gasteiger partial charge on any atom is -0.489 e. The molecule has 0 bridgehead atoms. The fraction of sp³-hybridized carbons (Fsp3) is 0.516. The lowest BCUT2D eigenvalue weighted by Gasteiger charge is -2.32. The highest BCUT2D eigenvalue weighted by Gasteiger charge is 2.33. The first-order chi connectivity index (χ1) is 16.8. The molecule has 0 saturated heterocycles. The number of ketones is 3. The van der Waals surface area contributed by atoms with Gasteiger partial charge < -0.3 is 4.74 Å². The molecule has 1 aliphatic heterocycles. The standard InChI is InChI=1S/C31H40O4/c1-5-12-24(26(6-2)28(33)17-21(3)32)18-23-19-25-14-15-27(22(4)31(25)29(34)20-23)30-13-10-8-7-9-11-16-35-30/h7-9,11,13-15,23-24,26H,5-6,10,12,16-20H2,1-4H3/b8-7-,11-9-,30-13-. The maximum Gasteiger partial charge on any atom is 0.163 e. The van der Waals surface area contributed by atoms with E-state index >= 15 is 0 Å². The van der Waals surface area contributed by atoms with Crippen LogP contribution in [0, 0.1) is 24.7 Å². The van der Waals surface area contributed by atoms with Crippen molar-refractivity contribution >= 4 is 23.1 Å². The Hall–Kier alpha value is -2.75. The largest absolute Gasteiger partial charge is 0.489 e. The number of allylic oxidation sites excluding steroid dienone is 4. The summed E-state index contributed by atoms with van der Waals surface area (Å²) in [5.74, 6) is 1.36. The van der Waals surface area contributed by atoms with Crippen LogP contribution in [-0.2, 0) is 20.7 Å². The Morgan fingerprint density at radius 2 is 1.89 bits per heavy atom. The van der Waals surface area contributed by atoms with Gasteiger partial charge in [-0.1, -0.05) is 57.0 Å². The van der Waals surface area contributed by atoms with Gasteiger partial charge in [0.25, 0.3) is 0 Å². The first kappa shape index (κ1) is 26.8. The quantitative estimate of drug-likeness (QED) is 0.341. The summed E-state index contributed by atoms with van der Waals surface area (Å²) in [4.78, 5) is 37.8. The first-order valence-electron chi connectivity index (χ1n) is 13.2. The van der Waals surface area contributed by atoms with Gasteiger partial charge in [-0.3, -0.25) is 14.4 Å². The van der Waals surface area contributed by atoms with Crippen molar-refractivity contribution in [3.8, 4) is 0 Å². The molecule has 3 atom stereocenters. The number of carbonyl (C=O) groups excluding carboxylic acids is 3. The molecule has 0 aromatic heterocycles. The van der Waals surface area contributed by atoms with Crippen LogP contribution in [0.3, 0.4) is 0 Å². The number of carbonyl (C=O) groups is 3. The molecule has 4 heteroatoms. The number of Topliss-reactive ketones (excluding diaryl/α,β-unsaturated/α-hetero) is 3. The molecule has 188 valence electrons. The SMILES string of the molecule is CCCC(CC1CC(=O)c2c(ccc(/C3=C/C/C=C\C=C/CO3)c2C)C1)C(CC)C(=O)CC(C)=O. The van der Waals surface area contributed by atoms with Crippen LogP contribution in [-0.4, -0.2) is 24.0 Å². The highest BCUT2D eigenvalue weighted by atomic mass is 16.5. The molecule has 3 rings (SSSR count). The molecule has 1 aromatic rings. The van der Waals surface area contributed by atoms with Crippen molar-refractivity contribution in [1.82, 2.24) is 0 Å². The molecular weight excluding hydrogens is 436 g/mol. The number of rotatable bonds is 10. The van der Waals surface area contributed by atoms with Crippen LogP contribution in [0.15, 0.2) is 42.5 Å². The average molecular weight is 477 g/mol. The van der Waals surface area contributed by atoms with E-state index in [1.165, 1.54) is 6.92 Å². The number of hydrogen-bond donors (Lipinski definition) is 0. The topological polar surface area (TPSA) is 60.4 Å². The van der Waals surface area contributed by atoms with E-state index in [1.54, 1.807) is 0 Å². The maximum atomic E-state index is 13.4. The predicted molar refractivity (Wildman–Crippen MR) is 141 cm³/mol. The van der Waals surface area contributed by atoms with Gasteiger partial charge in [0, 0.05) is 23.5 Å². The zero-order valence-electron chi connectivity index (χ0n) is 21.8. The lowest BCUT2D eigenvalue weighted by Crippen LogP contribution is -2.30. The van der Waals surface area contributed by atoms with E-state index in [1.807, 2.05) is 32.1 Å². The van der Waals surface area contributed by atoms with E-state index in [9.17, 15) is 14.4 Å². The van der Waals surface area contributed by atoms with Crippen molar-refractivity contribution in [1.29, 1.82) is 0 Å². The molecule has 35 heavy (non-hydrogen) atoms. The van der Waals surface area contributed by atoms with Gasteiger partial charge in [-0.25, -0.2) is 0 Å². The van der Waals surface area contributed by atoms with Crippen molar-refractivity contribution in [2.45, 2.75) is 79.1 Å². The highest BCUT2D eigenvalue weighted by Crippen LogP contribution is 2.38. The Morgan fingerprint density at radius 3 is 2.60 bits per heavy atom. The van der Waals surface area contributed by atoms with Gasteiger partial charge in [0.2, 0.25) is 0 Å². The summed E-state index contributed by atoms with van der Waals surface area (Å²) in [7, 11) is 0. The van der Waals surface area contributed by atoms with Gasteiger partial charge in [0.05, 0.1) is 6.42 Å². The molecule has 2 aliphatic rings. The smallest absolute Gasteiger partial charge is 0.163 e. The molecule has 4 nitrogen and oxygen atoms in total. The molecule has 3 unspecified atom stereocenters. The van der Waals surface area contributed by atoms with Gasteiger partial charge in [0.1, 0.15) is 23.9 Å². The van der Waals surface area contributed by atoms with Crippen LogP contribution in [0.4, 0.5) is 0 Å². The predicted octanol–water partition coefficient (Wildman–Crippen LogP) is 6.99. The molecule has 0 fully saturated rings. The van der Waals surface area contributed by atoms with Crippen LogP contribution in [0.2, 0.25) is 0 Å². The first-order valence-corrected chi connectivity index (χ1v) is 13.2. The Labute approximate surface area is 210 Å². The third kappa shape index (κ3) is 6.90. The van der Waals surface area contributed by atoms with Crippen LogP contribution in [0.5, 0.6) is 0 Å². The normalized spacial score (nSPS) is 22.8. The maximum absolute atomic E-state index is 13.4. The fourth-order valence-corrected chi connectivity index (χ4v) is 5.84. The number of ether oxygens (including phenoxy) is 1. The summed E-state index contributed by atoms with van der Waals surface area (Å²) in [6.45, 7) is 8.20. The molecule has 1 heterocycles. The lowest BCUT2D eigenvalue weighted by molar-refractivity contribution is -0.129. The average Bonchev–Trinajstić information content (AvgIpc) is 2.93. The van der Waals surface area contributed by atoms with Gasteiger partial charge in [-0.2, -0.15) is 0 Å². The van der Waals surface area contributed by atoms with Gasteiger partial charge in [0.15, 0.2) is 5.78 Å². The van der Waals surface area contributed by atoms with Crippen LogP contribution >= 0.6 is 0 Å². The molecule has 1 aliphatic carbocycles. The third-order valence-electron chi connectivity index (χ3n) is 7.38. The lowest BCUT2D eigenvalue weighted by atomic mass is 9.72. The number of fused-ring (bicyclic) bond motifs is 1. The summed E-state index contributed by atoms with van der Waals surface area (Å²) in [6, 6.07) is 4.19. The Morgan fingerprint density at radius 1 is 1.11 bits per heavy atom. The van der Waals surface area contributed by atoms with Gasteiger partial charge in [-0.15, -0.1) is 0 Å². The number of hydrogen-bond acceptors (Lipinski definition) is 4. The zero-order chi connectivity index (χ0) is 25.4. The molecule has 0 saturated carbocycles. The van der Waals surface area contributed by atoms with E-state index < -0.39 is 0 Å². The second-order valence-corrected chi connectivity index (χ2v) is 10.1. The summed E-state index contributed by atoms with van der Waals surface area (Å²) < 4.78 is 6.01. The molecule has 0 amide bonds. The minimum atomic E-state index is -0.102. The van der Waals surface area contributed by atoms with Crippen LogP contribution < -0.4 is 0 Å². The van der Waals surface area contributed by atoms with Crippen LogP contribution in [0.25, 0.3) is 5.76 Å². The Kier molecular flexibility index (Phi) is 9.83.